The molecule has 0 radical (unpaired) electrons. The standard InChI is InChI=1S/C22H24FNO4S/c1-28-19-9-2-15(3-10-19)14-29-20-12-18(24(13-20)22(26)27)8-11-21(25)16-4-6-17(23)7-5-16/h2-7,9-10,18,20H,8,11-14H2,1H3,(H,26,27)/t18-,20-/m1/s1. The van der Waals surface area contributed by atoms with Gasteiger partial charge in [-0.15, -0.1) is 0 Å². The number of amides is 1. The highest BCUT2D eigenvalue weighted by Crippen LogP contribution is 2.32. The summed E-state index contributed by atoms with van der Waals surface area (Å²) >= 11 is 1.74. The summed E-state index contributed by atoms with van der Waals surface area (Å²) in [5, 5.41) is 9.73. The summed E-state index contributed by atoms with van der Waals surface area (Å²) in [4.78, 5) is 25.4. The molecule has 1 aliphatic heterocycles. The molecule has 154 valence electrons. The fraction of sp³-hybridized carbons (Fsp3) is 0.364. The number of methoxy groups -OCH3 is 1. The van der Waals surface area contributed by atoms with Crippen molar-refractivity contribution < 1.29 is 23.8 Å². The van der Waals surface area contributed by atoms with Gasteiger partial charge in [-0.3, -0.25) is 4.79 Å². The van der Waals surface area contributed by atoms with Crippen LogP contribution in [0, 0.1) is 5.82 Å². The lowest BCUT2D eigenvalue weighted by Crippen LogP contribution is -2.34. The summed E-state index contributed by atoms with van der Waals surface area (Å²) in [5.41, 5.74) is 1.62. The normalized spacial score (nSPS) is 18.6. The molecule has 0 saturated carbocycles. The molecule has 1 fully saturated rings. The first kappa shape index (κ1) is 21.2. The molecular weight excluding hydrogens is 393 g/mol. The Kier molecular flexibility index (Phi) is 7.14. The van der Waals surface area contributed by atoms with E-state index in [2.05, 4.69) is 0 Å². The van der Waals surface area contributed by atoms with Crippen LogP contribution in [0.4, 0.5) is 9.18 Å². The minimum Gasteiger partial charge on any atom is -0.497 e. The van der Waals surface area contributed by atoms with Gasteiger partial charge in [0.25, 0.3) is 0 Å². The first-order valence-electron chi connectivity index (χ1n) is 9.49. The van der Waals surface area contributed by atoms with Gasteiger partial charge in [0.1, 0.15) is 11.6 Å². The summed E-state index contributed by atoms with van der Waals surface area (Å²) < 4.78 is 18.2. The minimum atomic E-state index is -0.947. The van der Waals surface area contributed by atoms with E-state index in [0.717, 1.165) is 23.5 Å². The van der Waals surface area contributed by atoms with E-state index in [4.69, 9.17) is 4.74 Å². The Balaban J connectivity index is 1.53. The number of carbonyl (C=O) groups excluding carboxylic acids is 1. The molecule has 7 heteroatoms. The number of nitrogens with zero attached hydrogens (tertiary/aromatic N) is 1. The van der Waals surface area contributed by atoms with E-state index < -0.39 is 6.09 Å². The number of thioether (sulfide) groups is 1. The zero-order chi connectivity index (χ0) is 20.8. The predicted octanol–water partition coefficient (Wildman–Crippen LogP) is 4.85. The average molecular weight is 418 g/mol. The summed E-state index contributed by atoms with van der Waals surface area (Å²) in [7, 11) is 1.63. The summed E-state index contributed by atoms with van der Waals surface area (Å²) in [5.74, 6) is 1.13. The third-order valence-electron chi connectivity index (χ3n) is 5.14. The van der Waals surface area contributed by atoms with Crippen molar-refractivity contribution in [2.75, 3.05) is 13.7 Å². The number of hydrogen-bond acceptors (Lipinski definition) is 4. The Bertz CT molecular complexity index is 841. The maximum Gasteiger partial charge on any atom is 0.407 e. The first-order valence-corrected chi connectivity index (χ1v) is 10.5. The zero-order valence-corrected chi connectivity index (χ0v) is 17.0. The minimum absolute atomic E-state index is 0.0929. The molecule has 1 heterocycles. The van der Waals surface area contributed by atoms with E-state index in [-0.39, 0.29) is 29.3 Å². The molecule has 1 aliphatic rings. The molecule has 0 spiro atoms. The van der Waals surface area contributed by atoms with Crippen molar-refractivity contribution in [2.45, 2.75) is 36.3 Å². The number of ketones is 1. The number of likely N-dealkylation sites (tertiary alicyclic amines) is 1. The topological polar surface area (TPSA) is 66.8 Å². The van der Waals surface area contributed by atoms with Gasteiger partial charge in [-0.1, -0.05) is 12.1 Å². The second-order valence-electron chi connectivity index (χ2n) is 7.07. The monoisotopic (exact) mass is 417 g/mol. The second kappa shape index (κ2) is 9.78. The highest BCUT2D eigenvalue weighted by Gasteiger charge is 2.35. The van der Waals surface area contributed by atoms with Crippen LogP contribution in [0.5, 0.6) is 5.75 Å². The number of carboxylic acid groups (broad SMARTS) is 1. The second-order valence-corrected chi connectivity index (χ2v) is 8.36. The largest absolute Gasteiger partial charge is 0.497 e. The van der Waals surface area contributed by atoms with E-state index in [1.165, 1.54) is 29.2 Å². The van der Waals surface area contributed by atoms with Gasteiger partial charge in [-0.05, 0) is 54.8 Å². The molecule has 1 N–H and O–H groups in total. The summed E-state index contributed by atoms with van der Waals surface area (Å²) in [6, 6.07) is 13.1. The number of ether oxygens (including phenoxy) is 1. The molecule has 1 saturated heterocycles. The number of hydrogen-bond donors (Lipinski definition) is 1. The Labute approximate surface area is 173 Å². The lowest BCUT2D eigenvalue weighted by Gasteiger charge is -2.20. The average Bonchev–Trinajstić information content (AvgIpc) is 3.15. The maximum absolute atomic E-state index is 13.0. The molecule has 0 unspecified atom stereocenters. The lowest BCUT2D eigenvalue weighted by molar-refractivity contribution is 0.0960. The van der Waals surface area contributed by atoms with E-state index >= 15 is 0 Å². The first-order chi connectivity index (χ1) is 14.0. The van der Waals surface area contributed by atoms with Gasteiger partial charge in [0, 0.05) is 35.6 Å². The van der Waals surface area contributed by atoms with Crippen molar-refractivity contribution in [3.63, 3.8) is 0 Å². The van der Waals surface area contributed by atoms with Crippen LogP contribution < -0.4 is 4.74 Å². The van der Waals surface area contributed by atoms with Crippen molar-refractivity contribution in [2.24, 2.45) is 0 Å². The van der Waals surface area contributed by atoms with Crippen LogP contribution in [0.3, 0.4) is 0 Å². The lowest BCUT2D eigenvalue weighted by atomic mass is 10.0. The van der Waals surface area contributed by atoms with Crippen molar-refractivity contribution in [3.05, 3.63) is 65.5 Å². The zero-order valence-electron chi connectivity index (χ0n) is 16.2. The van der Waals surface area contributed by atoms with Crippen molar-refractivity contribution in [1.29, 1.82) is 0 Å². The highest BCUT2D eigenvalue weighted by atomic mass is 32.2. The number of benzene rings is 2. The number of Topliss-reactive ketones (excluding diaryl/α,β-unsaturated/α-hetero) is 1. The van der Waals surface area contributed by atoms with E-state index in [0.29, 0.717) is 18.5 Å². The van der Waals surface area contributed by atoms with Crippen molar-refractivity contribution in [3.8, 4) is 5.75 Å². The van der Waals surface area contributed by atoms with Gasteiger partial charge in [-0.25, -0.2) is 9.18 Å². The van der Waals surface area contributed by atoms with Crippen LogP contribution in [-0.2, 0) is 5.75 Å². The summed E-state index contributed by atoms with van der Waals surface area (Å²) in [6.07, 6.45) is 0.499. The van der Waals surface area contributed by atoms with Gasteiger partial charge in [0.2, 0.25) is 0 Å². The molecule has 5 nitrogen and oxygen atoms in total. The number of rotatable bonds is 8. The third-order valence-corrected chi connectivity index (χ3v) is 6.45. The predicted molar refractivity (Wildman–Crippen MR) is 111 cm³/mol. The van der Waals surface area contributed by atoms with Gasteiger partial charge < -0.3 is 14.7 Å². The quantitative estimate of drug-likeness (QED) is 0.622. The molecule has 29 heavy (non-hydrogen) atoms. The Morgan fingerprint density at radius 1 is 1.17 bits per heavy atom. The molecular formula is C22H24FNO4S. The van der Waals surface area contributed by atoms with Crippen LogP contribution in [-0.4, -0.2) is 46.8 Å². The highest BCUT2D eigenvalue weighted by molar-refractivity contribution is 7.99. The molecule has 2 aromatic carbocycles. The van der Waals surface area contributed by atoms with Gasteiger partial charge >= 0.3 is 6.09 Å². The van der Waals surface area contributed by atoms with Crippen LogP contribution in [0.15, 0.2) is 48.5 Å². The molecule has 0 bridgehead atoms. The third kappa shape index (κ3) is 5.73. The maximum atomic E-state index is 13.0. The van der Waals surface area contributed by atoms with E-state index in [9.17, 15) is 19.1 Å². The van der Waals surface area contributed by atoms with Crippen LogP contribution in [0.25, 0.3) is 0 Å². The van der Waals surface area contributed by atoms with Crippen molar-refractivity contribution >= 4 is 23.6 Å². The molecule has 3 rings (SSSR count). The SMILES string of the molecule is COc1ccc(CS[C@@H]2C[C@@H](CCC(=O)c3ccc(F)cc3)N(C(=O)O)C2)cc1. The van der Waals surface area contributed by atoms with Crippen LogP contribution in [0.1, 0.15) is 35.2 Å². The fourth-order valence-corrected chi connectivity index (χ4v) is 4.76. The smallest absolute Gasteiger partial charge is 0.407 e. The molecule has 2 atom stereocenters. The van der Waals surface area contributed by atoms with Gasteiger partial charge in [0.05, 0.1) is 7.11 Å². The van der Waals surface area contributed by atoms with Crippen LogP contribution >= 0.6 is 11.8 Å². The Morgan fingerprint density at radius 2 is 1.86 bits per heavy atom. The van der Waals surface area contributed by atoms with E-state index in [1.807, 2.05) is 24.3 Å². The van der Waals surface area contributed by atoms with E-state index in [1.54, 1.807) is 18.9 Å². The Morgan fingerprint density at radius 3 is 2.48 bits per heavy atom. The fourth-order valence-electron chi connectivity index (χ4n) is 3.52. The molecule has 1 amide bonds. The summed E-state index contributed by atoms with van der Waals surface area (Å²) in [6.45, 7) is 0.464. The van der Waals surface area contributed by atoms with Gasteiger partial charge in [0.15, 0.2) is 5.78 Å². The molecule has 2 aromatic rings. The molecule has 0 aliphatic carbocycles. The number of halogens is 1. The number of carbonyl (C=O) groups is 2. The van der Waals surface area contributed by atoms with Crippen LogP contribution in [0.2, 0.25) is 0 Å². The van der Waals surface area contributed by atoms with Crippen molar-refractivity contribution in [1.82, 2.24) is 4.90 Å². The van der Waals surface area contributed by atoms with Gasteiger partial charge in [-0.2, -0.15) is 11.8 Å². The molecule has 0 aromatic heterocycles. The Hall–Kier alpha value is -2.54.